The highest BCUT2D eigenvalue weighted by Gasteiger charge is 2.33. The Kier molecular flexibility index (Phi) is 5.67. The number of anilines is 1. The van der Waals surface area contributed by atoms with Crippen molar-refractivity contribution in [3.63, 3.8) is 0 Å². The van der Waals surface area contributed by atoms with Crippen LogP contribution in [0.1, 0.15) is 57.6 Å². The molecule has 0 aromatic carbocycles. The molecule has 0 aliphatic heterocycles. The van der Waals surface area contributed by atoms with Crippen LogP contribution in [0.3, 0.4) is 0 Å². The van der Waals surface area contributed by atoms with Gasteiger partial charge in [-0.2, -0.15) is 0 Å². The lowest BCUT2D eigenvalue weighted by molar-refractivity contribution is -0.116. The molecule has 0 unspecified atom stereocenters. The zero-order valence-electron chi connectivity index (χ0n) is 13.9. The molecule has 23 heavy (non-hydrogen) atoms. The summed E-state index contributed by atoms with van der Waals surface area (Å²) in [5, 5.41) is 12.3. The fraction of sp³-hybridized carbons (Fsp3) is 0.765. The maximum atomic E-state index is 11.9. The van der Waals surface area contributed by atoms with E-state index in [1.54, 1.807) is 18.3 Å². The van der Waals surface area contributed by atoms with Gasteiger partial charge in [-0.15, -0.1) is 11.3 Å². The van der Waals surface area contributed by atoms with Crippen LogP contribution < -0.4 is 4.90 Å². The van der Waals surface area contributed by atoms with Gasteiger partial charge in [0.25, 0.3) is 0 Å². The van der Waals surface area contributed by atoms with Gasteiger partial charge in [0.05, 0.1) is 12.3 Å². The molecule has 0 bridgehead atoms. The predicted octanol–water partition coefficient (Wildman–Crippen LogP) is 2.79. The maximum Gasteiger partial charge on any atom is 0.225 e. The van der Waals surface area contributed by atoms with E-state index in [2.05, 4.69) is 10.3 Å². The Morgan fingerprint density at radius 2 is 2.00 bits per heavy atom. The van der Waals surface area contributed by atoms with Crippen molar-refractivity contribution in [2.24, 2.45) is 0 Å². The van der Waals surface area contributed by atoms with Crippen molar-refractivity contribution in [3.05, 3.63) is 11.1 Å². The van der Waals surface area contributed by atoms with Crippen molar-refractivity contribution >= 4 is 22.4 Å². The minimum Gasteiger partial charge on any atom is -0.395 e. The van der Waals surface area contributed by atoms with E-state index < -0.39 is 0 Å². The molecule has 1 heterocycles. The quantitative estimate of drug-likeness (QED) is 0.831. The smallest absolute Gasteiger partial charge is 0.225 e. The lowest BCUT2D eigenvalue weighted by Crippen LogP contribution is -2.38. The first-order valence-corrected chi connectivity index (χ1v) is 9.66. The SMILES string of the molecule is CC(=O)N(c1nc(CN(CCO)C2CCCCC2)cs1)C1CC1. The molecule has 5 nitrogen and oxygen atoms in total. The topological polar surface area (TPSA) is 56.7 Å². The van der Waals surface area contributed by atoms with Gasteiger partial charge in [0, 0.05) is 37.5 Å². The van der Waals surface area contributed by atoms with E-state index in [4.69, 9.17) is 4.98 Å². The molecular formula is C17H27N3O2S. The largest absolute Gasteiger partial charge is 0.395 e. The third kappa shape index (κ3) is 4.31. The van der Waals surface area contributed by atoms with Crippen molar-refractivity contribution < 1.29 is 9.90 Å². The Hall–Kier alpha value is -0.980. The number of hydrogen-bond acceptors (Lipinski definition) is 5. The third-order valence-corrected chi connectivity index (χ3v) is 5.73. The summed E-state index contributed by atoms with van der Waals surface area (Å²) in [6.45, 7) is 3.29. The molecule has 6 heteroatoms. The van der Waals surface area contributed by atoms with E-state index in [0.29, 0.717) is 18.6 Å². The summed E-state index contributed by atoms with van der Waals surface area (Å²) in [5.41, 5.74) is 1.02. The molecule has 1 aromatic heterocycles. The fourth-order valence-electron chi connectivity index (χ4n) is 3.53. The van der Waals surface area contributed by atoms with Gasteiger partial charge in [-0.25, -0.2) is 4.98 Å². The average Bonchev–Trinajstić information content (AvgIpc) is 3.27. The van der Waals surface area contributed by atoms with E-state index in [1.807, 2.05) is 4.90 Å². The van der Waals surface area contributed by atoms with E-state index in [1.165, 1.54) is 32.1 Å². The van der Waals surface area contributed by atoms with Gasteiger partial charge < -0.3 is 5.11 Å². The van der Waals surface area contributed by atoms with Crippen LogP contribution in [-0.2, 0) is 11.3 Å². The third-order valence-electron chi connectivity index (χ3n) is 4.84. The number of carbonyl (C=O) groups is 1. The second-order valence-corrected chi connectivity index (χ2v) is 7.56. The summed E-state index contributed by atoms with van der Waals surface area (Å²) in [6.07, 6.45) is 8.53. The molecule has 2 aliphatic rings. The summed E-state index contributed by atoms with van der Waals surface area (Å²) in [5.74, 6) is 0.0906. The van der Waals surface area contributed by atoms with E-state index >= 15 is 0 Å². The standard InChI is InChI=1S/C17H27N3O2S/c1-13(22)20(16-7-8-16)17-18-14(12-23-17)11-19(9-10-21)15-5-3-2-4-6-15/h12,15-16,21H,2-11H2,1H3. The highest BCUT2D eigenvalue weighted by Crippen LogP contribution is 2.34. The average molecular weight is 337 g/mol. The molecule has 3 rings (SSSR count). The highest BCUT2D eigenvalue weighted by atomic mass is 32.1. The number of aliphatic hydroxyl groups excluding tert-OH is 1. The lowest BCUT2D eigenvalue weighted by Gasteiger charge is -2.33. The van der Waals surface area contributed by atoms with Gasteiger partial charge in [0.2, 0.25) is 5.91 Å². The van der Waals surface area contributed by atoms with E-state index in [0.717, 1.165) is 30.2 Å². The number of nitrogens with zero attached hydrogens (tertiary/aromatic N) is 3. The zero-order chi connectivity index (χ0) is 16.2. The minimum atomic E-state index is 0.0906. The maximum absolute atomic E-state index is 11.9. The molecule has 2 aliphatic carbocycles. The van der Waals surface area contributed by atoms with Gasteiger partial charge in [0.15, 0.2) is 5.13 Å². The number of hydrogen-bond donors (Lipinski definition) is 1. The first kappa shape index (κ1) is 16.9. The van der Waals surface area contributed by atoms with Crippen molar-refractivity contribution in [2.45, 2.75) is 70.5 Å². The van der Waals surface area contributed by atoms with E-state index in [9.17, 15) is 9.90 Å². The molecule has 1 N–H and O–H groups in total. The monoisotopic (exact) mass is 337 g/mol. The Balaban J connectivity index is 1.67. The first-order chi connectivity index (χ1) is 11.2. The number of carbonyl (C=O) groups excluding carboxylic acids is 1. The number of thiazole rings is 1. The Morgan fingerprint density at radius 3 is 2.61 bits per heavy atom. The minimum absolute atomic E-state index is 0.0906. The summed E-state index contributed by atoms with van der Waals surface area (Å²) in [6, 6.07) is 0.923. The van der Waals surface area contributed by atoms with Crippen molar-refractivity contribution in [1.82, 2.24) is 9.88 Å². The highest BCUT2D eigenvalue weighted by molar-refractivity contribution is 7.14. The van der Waals surface area contributed by atoms with Crippen LogP contribution in [0.4, 0.5) is 5.13 Å². The van der Waals surface area contributed by atoms with Crippen LogP contribution in [-0.4, -0.2) is 46.1 Å². The van der Waals surface area contributed by atoms with Crippen LogP contribution in [0.5, 0.6) is 0 Å². The predicted molar refractivity (Wildman–Crippen MR) is 92.7 cm³/mol. The van der Waals surface area contributed by atoms with Crippen LogP contribution in [0.2, 0.25) is 0 Å². The lowest BCUT2D eigenvalue weighted by atomic mass is 9.94. The second-order valence-electron chi connectivity index (χ2n) is 6.73. The molecule has 0 radical (unpaired) electrons. The van der Waals surface area contributed by atoms with Crippen LogP contribution in [0.25, 0.3) is 0 Å². The normalized spacial score (nSPS) is 19.3. The van der Waals surface area contributed by atoms with Gasteiger partial charge in [0.1, 0.15) is 0 Å². The molecule has 128 valence electrons. The van der Waals surface area contributed by atoms with Crippen molar-refractivity contribution in [1.29, 1.82) is 0 Å². The first-order valence-electron chi connectivity index (χ1n) is 8.78. The van der Waals surface area contributed by atoms with Crippen molar-refractivity contribution in [3.8, 4) is 0 Å². The fourth-order valence-corrected chi connectivity index (χ4v) is 4.46. The molecule has 0 atom stereocenters. The molecule has 2 fully saturated rings. The molecule has 0 saturated heterocycles. The number of amides is 1. The number of rotatable bonds is 7. The van der Waals surface area contributed by atoms with Gasteiger partial charge in [-0.3, -0.25) is 14.6 Å². The summed E-state index contributed by atoms with van der Waals surface area (Å²) in [4.78, 5) is 20.8. The Labute approximate surface area is 142 Å². The molecule has 2 saturated carbocycles. The van der Waals surface area contributed by atoms with Crippen molar-refractivity contribution in [2.75, 3.05) is 18.1 Å². The summed E-state index contributed by atoms with van der Waals surface area (Å²) in [7, 11) is 0. The summed E-state index contributed by atoms with van der Waals surface area (Å²) >= 11 is 1.57. The number of aliphatic hydroxyl groups is 1. The molecule has 1 amide bonds. The van der Waals surface area contributed by atoms with Crippen LogP contribution in [0.15, 0.2) is 5.38 Å². The van der Waals surface area contributed by atoms with E-state index in [-0.39, 0.29) is 12.5 Å². The van der Waals surface area contributed by atoms with Gasteiger partial charge in [-0.1, -0.05) is 19.3 Å². The number of aromatic nitrogens is 1. The Morgan fingerprint density at radius 1 is 1.26 bits per heavy atom. The Bertz CT molecular complexity index is 524. The molecular weight excluding hydrogens is 310 g/mol. The molecule has 0 spiro atoms. The zero-order valence-corrected chi connectivity index (χ0v) is 14.7. The van der Waals surface area contributed by atoms with Gasteiger partial charge >= 0.3 is 0 Å². The summed E-state index contributed by atoms with van der Waals surface area (Å²) < 4.78 is 0. The van der Waals surface area contributed by atoms with Crippen LogP contribution >= 0.6 is 11.3 Å². The van der Waals surface area contributed by atoms with Crippen LogP contribution in [0, 0.1) is 0 Å². The van der Waals surface area contributed by atoms with Gasteiger partial charge in [-0.05, 0) is 25.7 Å². The molecule has 1 aromatic rings. The second kappa shape index (κ2) is 7.73.